The second-order valence-corrected chi connectivity index (χ2v) is 6.50. The molecule has 8 heteroatoms. The van der Waals surface area contributed by atoms with Crippen LogP contribution in [0.5, 0.6) is 5.75 Å². The maximum Gasteiger partial charge on any atom is 0.274 e. The maximum absolute atomic E-state index is 12.5. The van der Waals surface area contributed by atoms with Crippen LogP contribution in [0.25, 0.3) is 0 Å². The van der Waals surface area contributed by atoms with Gasteiger partial charge < -0.3 is 15.0 Å². The SMILES string of the molecule is COc1ccc(NC(=O)c2cc(N(C)CCc3ccncc3)ncn2)cc1Cl. The molecule has 0 atom stereocenters. The predicted octanol–water partition coefficient (Wildman–Crippen LogP) is 3.46. The summed E-state index contributed by atoms with van der Waals surface area (Å²) in [6.45, 7) is 0.746. The van der Waals surface area contributed by atoms with Crippen LogP contribution in [-0.4, -0.2) is 41.6 Å². The highest BCUT2D eigenvalue weighted by atomic mass is 35.5. The lowest BCUT2D eigenvalue weighted by atomic mass is 10.2. The Bertz CT molecular complexity index is 952. The van der Waals surface area contributed by atoms with Gasteiger partial charge in [0, 0.05) is 37.7 Å². The molecule has 7 nitrogen and oxygen atoms in total. The van der Waals surface area contributed by atoms with Gasteiger partial charge in [-0.05, 0) is 42.3 Å². The highest BCUT2D eigenvalue weighted by Crippen LogP contribution is 2.27. The summed E-state index contributed by atoms with van der Waals surface area (Å²) in [4.78, 5) is 26.9. The van der Waals surface area contributed by atoms with Crippen LogP contribution in [0.1, 0.15) is 16.1 Å². The van der Waals surface area contributed by atoms with Crippen LogP contribution in [-0.2, 0) is 6.42 Å². The molecule has 0 spiro atoms. The van der Waals surface area contributed by atoms with Gasteiger partial charge in [0.15, 0.2) is 0 Å². The van der Waals surface area contributed by atoms with Crippen molar-refractivity contribution < 1.29 is 9.53 Å². The lowest BCUT2D eigenvalue weighted by molar-refractivity contribution is 0.102. The van der Waals surface area contributed by atoms with E-state index in [-0.39, 0.29) is 11.6 Å². The van der Waals surface area contributed by atoms with Crippen molar-refractivity contribution in [2.45, 2.75) is 6.42 Å². The Morgan fingerprint density at radius 3 is 2.68 bits per heavy atom. The Labute approximate surface area is 168 Å². The number of anilines is 2. The molecule has 3 rings (SSSR count). The number of methoxy groups -OCH3 is 1. The van der Waals surface area contributed by atoms with Crippen LogP contribution in [0.2, 0.25) is 5.02 Å². The van der Waals surface area contributed by atoms with E-state index in [1.807, 2.05) is 24.1 Å². The van der Waals surface area contributed by atoms with E-state index < -0.39 is 0 Å². The number of likely N-dealkylation sites (N-methyl/N-ethyl adjacent to an activating group) is 1. The first-order chi connectivity index (χ1) is 13.6. The quantitative estimate of drug-likeness (QED) is 0.657. The third-order valence-electron chi connectivity index (χ3n) is 4.17. The highest BCUT2D eigenvalue weighted by Gasteiger charge is 2.12. The molecule has 1 N–H and O–H groups in total. The first-order valence-corrected chi connectivity index (χ1v) is 9.01. The summed E-state index contributed by atoms with van der Waals surface area (Å²) in [5.74, 6) is 0.870. The molecule has 0 saturated heterocycles. The minimum absolute atomic E-state index is 0.271. The number of nitrogens with zero attached hydrogens (tertiary/aromatic N) is 4. The number of benzene rings is 1. The fourth-order valence-electron chi connectivity index (χ4n) is 2.58. The number of hydrogen-bond donors (Lipinski definition) is 1. The van der Waals surface area contributed by atoms with Gasteiger partial charge in [-0.2, -0.15) is 0 Å². The van der Waals surface area contributed by atoms with Gasteiger partial charge in [0.25, 0.3) is 5.91 Å². The fourth-order valence-corrected chi connectivity index (χ4v) is 2.84. The van der Waals surface area contributed by atoms with E-state index >= 15 is 0 Å². The molecular formula is C20H20ClN5O2. The summed E-state index contributed by atoms with van der Waals surface area (Å²) >= 11 is 6.10. The van der Waals surface area contributed by atoms with Crippen molar-refractivity contribution in [3.05, 3.63) is 71.4 Å². The summed E-state index contributed by atoms with van der Waals surface area (Å²) in [6, 6.07) is 10.6. The second kappa shape index (κ2) is 9.14. The molecule has 144 valence electrons. The van der Waals surface area contributed by atoms with Gasteiger partial charge in [-0.3, -0.25) is 9.78 Å². The molecule has 3 aromatic rings. The van der Waals surface area contributed by atoms with Crippen LogP contribution in [0.4, 0.5) is 11.5 Å². The minimum atomic E-state index is -0.340. The fraction of sp³-hybridized carbons (Fsp3) is 0.200. The van der Waals surface area contributed by atoms with Gasteiger partial charge >= 0.3 is 0 Å². The standard InChI is InChI=1S/C20H20ClN5O2/c1-26(10-7-14-5-8-22-9-6-14)19-12-17(23-13-24-19)20(27)25-15-3-4-18(28-2)16(21)11-15/h3-6,8-9,11-13H,7,10H2,1-2H3,(H,25,27). The molecule has 1 amide bonds. The molecule has 0 bridgehead atoms. The van der Waals surface area contributed by atoms with Crippen molar-refractivity contribution in [2.75, 3.05) is 30.9 Å². The van der Waals surface area contributed by atoms with Crippen molar-refractivity contribution >= 4 is 29.0 Å². The minimum Gasteiger partial charge on any atom is -0.495 e. The number of amides is 1. The van der Waals surface area contributed by atoms with E-state index in [1.54, 1.807) is 36.7 Å². The number of carbonyl (C=O) groups excluding carboxylic acids is 1. The third kappa shape index (κ3) is 4.95. The summed E-state index contributed by atoms with van der Waals surface area (Å²) in [5, 5.41) is 3.20. The molecule has 0 aliphatic heterocycles. The van der Waals surface area contributed by atoms with Gasteiger partial charge in [-0.1, -0.05) is 11.6 Å². The van der Waals surface area contributed by atoms with Crippen LogP contribution < -0.4 is 15.0 Å². The summed E-state index contributed by atoms with van der Waals surface area (Å²) in [6.07, 6.45) is 5.77. The van der Waals surface area contributed by atoms with Crippen molar-refractivity contribution in [1.82, 2.24) is 15.0 Å². The molecule has 1 aromatic carbocycles. The normalized spacial score (nSPS) is 10.4. The van der Waals surface area contributed by atoms with Crippen molar-refractivity contribution in [2.24, 2.45) is 0 Å². The molecular weight excluding hydrogens is 378 g/mol. The monoisotopic (exact) mass is 397 g/mol. The zero-order valence-electron chi connectivity index (χ0n) is 15.6. The first-order valence-electron chi connectivity index (χ1n) is 8.64. The van der Waals surface area contributed by atoms with Crippen LogP contribution in [0.15, 0.2) is 55.1 Å². The van der Waals surface area contributed by atoms with E-state index in [2.05, 4.69) is 20.3 Å². The molecule has 0 unspecified atom stereocenters. The second-order valence-electron chi connectivity index (χ2n) is 6.09. The Kier molecular flexibility index (Phi) is 6.39. The molecule has 28 heavy (non-hydrogen) atoms. The number of carbonyl (C=O) groups is 1. The third-order valence-corrected chi connectivity index (χ3v) is 4.47. The van der Waals surface area contributed by atoms with E-state index in [4.69, 9.17) is 16.3 Å². The van der Waals surface area contributed by atoms with Crippen molar-refractivity contribution in [3.8, 4) is 5.75 Å². The van der Waals surface area contributed by atoms with Crippen LogP contribution in [0, 0.1) is 0 Å². The molecule has 2 heterocycles. The van der Waals surface area contributed by atoms with E-state index in [9.17, 15) is 4.79 Å². The van der Waals surface area contributed by atoms with E-state index in [0.717, 1.165) is 13.0 Å². The Balaban J connectivity index is 1.66. The highest BCUT2D eigenvalue weighted by molar-refractivity contribution is 6.32. The van der Waals surface area contributed by atoms with Gasteiger partial charge in [-0.15, -0.1) is 0 Å². The number of pyridine rings is 1. The Hall–Kier alpha value is -3.19. The molecule has 0 fully saturated rings. The summed E-state index contributed by atoms with van der Waals surface area (Å²) < 4.78 is 5.11. The molecule has 0 aliphatic carbocycles. The van der Waals surface area contributed by atoms with Crippen molar-refractivity contribution in [3.63, 3.8) is 0 Å². The zero-order valence-corrected chi connectivity index (χ0v) is 16.3. The maximum atomic E-state index is 12.5. The zero-order chi connectivity index (χ0) is 19.9. The molecule has 0 radical (unpaired) electrons. The smallest absolute Gasteiger partial charge is 0.274 e. The van der Waals surface area contributed by atoms with Gasteiger partial charge in [0.05, 0.1) is 12.1 Å². The lowest BCUT2D eigenvalue weighted by Crippen LogP contribution is -2.23. The van der Waals surface area contributed by atoms with Gasteiger partial charge in [0.2, 0.25) is 0 Å². The number of halogens is 1. The van der Waals surface area contributed by atoms with Gasteiger partial charge in [-0.25, -0.2) is 9.97 Å². The predicted molar refractivity (Wildman–Crippen MR) is 109 cm³/mol. The topological polar surface area (TPSA) is 80.2 Å². The Morgan fingerprint density at radius 1 is 1.18 bits per heavy atom. The van der Waals surface area contributed by atoms with Crippen molar-refractivity contribution in [1.29, 1.82) is 0 Å². The molecule has 2 aromatic heterocycles. The average molecular weight is 398 g/mol. The van der Waals surface area contributed by atoms with E-state index in [1.165, 1.54) is 19.0 Å². The first kappa shape index (κ1) is 19.6. The molecule has 0 saturated carbocycles. The number of nitrogens with one attached hydrogen (secondary N) is 1. The number of rotatable bonds is 7. The number of ether oxygens (including phenoxy) is 1. The number of aromatic nitrogens is 3. The largest absolute Gasteiger partial charge is 0.495 e. The van der Waals surface area contributed by atoms with Crippen LogP contribution >= 0.6 is 11.6 Å². The number of hydrogen-bond acceptors (Lipinski definition) is 6. The summed E-state index contributed by atoms with van der Waals surface area (Å²) in [5.41, 5.74) is 2.01. The average Bonchev–Trinajstić information content (AvgIpc) is 2.73. The Morgan fingerprint density at radius 2 is 1.96 bits per heavy atom. The lowest BCUT2D eigenvalue weighted by Gasteiger charge is -2.18. The molecule has 0 aliphatic rings. The van der Waals surface area contributed by atoms with E-state index in [0.29, 0.717) is 22.3 Å². The summed E-state index contributed by atoms with van der Waals surface area (Å²) in [7, 11) is 3.46. The van der Waals surface area contributed by atoms with Gasteiger partial charge in [0.1, 0.15) is 23.6 Å². The van der Waals surface area contributed by atoms with Crippen LogP contribution in [0.3, 0.4) is 0 Å².